The average Bonchev–Trinajstić information content (AvgIpc) is 2.41. The van der Waals surface area contributed by atoms with E-state index in [-0.39, 0.29) is 6.04 Å². The number of anilines is 2. The second-order valence-electron chi connectivity index (χ2n) is 4.06. The Morgan fingerprint density at radius 1 is 1.26 bits per heavy atom. The van der Waals surface area contributed by atoms with Crippen LogP contribution in [-0.4, -0.2) is 17.0 Å². The molecule has 1 heterocycles. The number of nitrogens with one attached hydrogen (secondary N) is 2. The smallest absolute Gasteiger partial charge is 0.224 e. The Bertz CT molecular complexity index is 574. The fraction of sp³-hybridized carbons (Fsp3) is 0.231. The third-order valence-corrected chi connectivity index (χ3v) is 3.74. The summed E-state index contributed by atoms with van der Waals surface area (Å²) in [5, 5.41) is 6.30. The second kappa shape index (κ2) is 6.34. The van der Waals surface area contributed by atoms with E-state index >= 15 is 0 Å². The lowest BCUT2D eigenvalue weighted by Crippen LogP contribution is -2.10. The lowest BCUT2D eigenvalue weighted by molar-refractivity contribution is 0.869. The molecule has 0 amide bonds. The minimum Gasteiger partial charge on any atom is -0.362 e. The number of rotatable bonds is 4. The maximum atomic E-state index is 4.39. The molecule has 1 atom stereocenters. The minimum absolute atomic E-state index is 0.147. The first-order valence-corrected chi connectivity index (χ1v) is 7.41. The molecule has 1 aromatic carbocycles. The number of benzene rings is 1. The third-order valence-electron chi connectivity index (χ3n) is 2.67. The molecule has 0 aliphatic heterocycles. The highest BCUT2D eigenvalue weighted by atomic mass is 79.9. The van der Waals surface area contributed by atoms with Gasteiger partial charge in [0.25, 0.3) is 0 Å². The van der Waals surface area contributed by atoms with Gasteiger partial charge in [0.15, 0.2) is 0 Å². The van der Waals surface area contributed by atoms with Crippen LogP contribution < -0.4 is 10.6 Å². The number of hydrogen-bond acceptors (Lipinski definition) is 4. The largest absolute Gasteiger partial charge is 0.362 e. The van der Waals surface area contributed by atoms with E-state index in [1.807, 2.05) is 12.1 Å². The summed E-state index contributed by atoms with van der Waals surface area (Å²) < 4.78 is 1.91. The van der Waals surface area contributed by atoms with Crippen LogP contribution in [0.4, 0.5) is 11.8 Å². The topological polar surface area (TPSA) is 49.8 Å². The van der Waals surface area contributed by atoms with Crippen LogP contribution in [0.15, 0.2) is 39.4 Å². The Hall–Kier alpha value is -1.14. The van der Waals surface area contributed by atoms with Gasteiger partial charge in [-0.05, 0) is 40.5 Å². The lowest BCUT2D eigenvalue weighted by Gasteiger charge is -2.16. The zero-order valence-corrected chi connectivity index (χ0v) is 13.8. The van der Waals surface area contributed by atoms with E-state index < -0.39 is 0 Å². The van der Waals surface area contributed by atoms with Crippen molar-refractivity contribution in [2.75, 3.05) is 17.7 Å². The van der Waals surface area contributed by atoms with Gasteiger partial charge in [-0.3, -0.25) is 0 Å². The summed E-state index contributed by atoms with van der Waals surface area (Å²) in [5.74, 6) is 1.36. The molecular weight excluding hydrogens is 372 g/mol. The fourth-order valence-electron chi connectivity index (χ4n) is 1.65. The highest BCUT2D eigenvalue weighted by Gasteiger charge is 2.10. The van der Waals surface area contributed by atoms with Crippen molar-refractivity contribution < 1.29 is 0 Å². The SMILES string of the molecule is CNc1ncc(Br)c(NC(C)c2cccc(Br)c2)n1. The molecule has 1 unspecified atom stereocenters. The fourth-order valence-corrected chi connectivity index (χ4v) is 2.38. The molecule has 2 rings (SSSR count). The highest BCUT2D eigenvalue weighted by molar-refractivity contribution is 9.10. The Morgan fingerprint density at radius 3 is 2.74 bits per heavy atom. The van der Waals surface area contributed by atoms with Gasteiger partial charge >= 0.3 is 0 Å². The molecule has 4 nitrogen and oxygen atoms in total. The normalized spacial score (nSPS) is 12.0. The molecular formula is C13H14Br2N4. The number of hydrogen-bond donors (Lipinski definition) is 2. The highest BCUT2D eigenvalue weighted by Crippen LogP contribution is 2.26. The van der Waals surface area contributed by atoms with E-state index in [2.05, 4.69) is 71.5 Å². The van der Waals surface area contributed by atoms with Crippen LogP contribution in [0.5, 0.6) is 0 Å². The standard InChI is InChI=1S/C13H14Br2N4/c1-8(9-4-3-5-10(14)6-9)18-12-11(15)7-17-13(16-2)19-12/h3-8H,1-2H3,(H2,16,17,18,19). The molecule has 0 spiro atoms. The first-order chi connectivity index (χ1) is 9.10. The van der Waals surface area contributed by atoms with Crippen LogP contribution in [0.2, 0.25) is 0 Å². The number of aromatic nitrogens is 2. The summed E-state index contributed by atoms with van der Waals surface area (Å²) in [4.78, 5) is 8.52. The summed E-state index contributed by atoms with van der Waals surface area (Å²) in [6.45, 7) is 2.09. The predicted molar refractivity (Wildman–Crippen MR) is 85.5 cm³/mol. The van der Waals surface area contributed by atoms with Gasteiger partial charge in [-0.15, -0.1) is 0 Å². The summed E-state index contributed by atoms with van der Waals surface area (Å²) >= 11 is 6.93. The van der Waals surface area contributed by atoms with Crippen molar-refractivity contribution in [3.63, 3.8) is 0 Å². The van der Waals surface area contributed by atoms with Crippen LogP contribution in [0.3, 0.4) is 0 Å². The van der Waals surface area contributed by atoms with E-state index in [1.54, 1.807) is 13.2 Å². The van der Waals surface area contributed by atoms with Gasteiger partial charge in [0.1, 0.15) is 5.82 Å². The monoisotopic (exact) mass is 384 g/mol. The van der Waals surface area contributed by atoms with E-state index in [9.17, 15) is 0 Å². The Morgan fingerprint density at radius 2 is 2.05 bits per heavy atom. The van der Waals surface area contributed by atoms with Crippen molar-refractivity contribution in [2.24, 2.45) is 0 Å². The van der Waals surface area contributed by atoms with Crippen molar-refractivity contribution in [1.29, 1.82) is 0 Å². The molecule has 6 heteroatoms. The minimum atomic E-state index is 0.147. The van der Waals surface area contributed by atoms with E-state index in [0.717, 1.165) is 14.8 Å². The first-order valence-electron chi connectivity index (χ1n) is 5.82. The summed E-state index contributed by atoms with van der Waals surface area (Å²) in [7, 11) is 1.80. The maximum absolute atomic E-state index is 4.39. The van der Waals surface area contributed by atoms with Crippen LogP contribution in [0.25, 0.3) is 0 Å². The molecule has 0 saturated carbocycles. The quantitative estimate of drug-likeness (QED) is 0.827. The second-order valence-corrected chi connectivity index (χ2v) is 5.83. The summed E-state index contributed by atoms with van der Waals surface area (Å²) in [5.41, 5.74) is 1.19. The molecule has 100 valence electrons. The zero-order valence-electron chi connectivity index (χ0n) is 10.6. The molecule has 0 aliphatic carbocycles. The van der Waals surface area contributed by atoms with Crippen molar-refractivity contribution >= 4 is 43.6 Å². The molecule has 0 fully saturated rings. The molecule has 0 saturated heterocycles. The van der Waals surface area contributed by atoms with Gasteiger partial charge in [0.2, 0.25) is 5.95 Å². The van der Waals surface area contributed by atoms with Crippen molar-refractivity contribution in [3.05, 3.63) is 45.0 Å². The Labute approximate surface area is 129 Å². The van der Waals surface area contributed by atoms with Crippen LogP contribution in [0, 0.1) is 0 Å². The van der Waals surface area contributed by atoms with Crippen LogP contribution in [-0.2, 0) is 0 Å². The van der Waals surface area contributed by atoms with Crippen LogP contribution >= 0.6 is 31.9 Å². The molecule has 0 bridgehead atoms. The van der Waals surface area contributed by atoms with Crippen LogP contribution in [0.1, 0.15) is 18.5 Å². The molecule has 1 aromatic heterocycles. The van der Waals surface area contributed by atoms with Crippen molar-refractivity contribution in [3.8, 4) is 0 Å². The molecule has 0 aliphatic rings. The van der Waals surface area contributed by atoms with E-state index in [1.165, 1.54) is 5.56 Å². The molecule has 19 heavy (non-hydrogen) atoms. The van der Waals surface area contributed by atoms with Gasteiger partial charge in [0, 0.05) is 17.7 Å². The zero-order chi connectivity index (χ0) is 13.8. The lowest BCUT2D eigenvalue weighted by atomic mass is 10.1. The van der Waals surface area contributed by atoms with Crippen molar-refractivity contribution in [2.45, 2.75) is 13.0 Å². The Kier molecular flexibility index (Phi) is 4.76. The maximum Gasteiger partial charge on any atom is 0.224 e. The van der Waals surface area contributed by atoms with Gasteiger partial charge in [0.05, 0.1) is 10.5 Å². The average molecular weight is 386 g/mol. The van der Waals surface area contributed by atoms with Gasteiger partial charge in [-0.25, -0.2) is 4.98 Å². The van der Waals surface area contributed by atoms with Gasteiger partial charge in [-0.2, -0.15) is 4.98 Å². The van der Waals surface area contributed by atoms with E-state index in [0.29, 0.717) is 5.95 Å². The number of halogens is 2. The molecule has 0 radical (unpaired) electrons. The summed E-state index contributed by atoms with van der Waals surface area (Å²) in [6, 6.07) is 8.34. The van der Waals surface area contributed by atoms with Gasteiger partial charge in [-0.1, -0.05) is 28.1 Å². The third kappa shape index (κ3) is 3.67. The Balaban J connectivity index is 2.21. The molecule has 2 aromatic rings. The summed E-state index contributed by atoms with van der Waals surface area (Å²) in [6.07, 6.45) is 1.73. The first kappa shape index (κ1) is 14.3. The predicted octanol–water partition coefficient (Wildman–Crippen LogP) is 4.22. The van der Waals surface area contributed by atoms with E-state index in [4.69, 9.17) is 0 Å². The van der Waals surface area contributed by atoms with Crippen molar-refractivity contribution in [1.82, 2.24) is 9.97 Å². The van der Waals surface area contributed by atoms with Gasteiger partial charge < -0.3 is 10.6 Å². The molecule has 2 N–H and O–H groups in total. The number of nitrogens with zero attached hydrogens (tertiary/aromatic N) is 2.